The molecule has 1 saturated heterocycles. The summed E-state index contributed by atoms with van der Waals surface area (Å²) in [6, 6.07) is 14.6. The van der Waals surface area contributed by atoms with E-state index in [0.29, 0.717) is 12.1 Å². The first kappa shape index (κ1) is 26.1. The van der Waals surface area contributed by atoms with Gasteiger partial charge < -0.3 is 25.7 Å². The van der Waals surface area contributed by atoms with E-state index < -0.39 is 12.1 Å². The summed E-state index contributed by atoms with van der Waals surface area (Å²) in [4.78, 5) is 46.7. The van der Waals surface area contributed by atoms with Crippen LogP contribution >= 0.6 is 0 Å². The number of aromatic nitrogens is 2. The van der Waals surface area contributed by atoms with Crippen molar-refractivity contribution in [3.8, 4) is 22.4 Å². The Hall–Kier alpha value is -3.98. The minimum Gasteiger partial charge on any atom is -0.453 e. The predicted molar refractivity (Wildman–Crippen MR) is 141 cm³/mol. The van der Waals surface area contributed by atoms with Crippen molar-refractivity contribution in [3.63, 3.8) is 0 Å². The van der Waals surface area contributed by atoms with Gasteiger partial charge in [-0.05, 0) is 35.4 Å². The molecular weight excluding hydrogens is 470 g/mol. The summed E-state index contributed by atoms with van der Waals surface area (Å²) in [6.07, 6.45) is 2.82. The summed E-state index contributed by atoms with van der Waals surface area (Å²) in [5, 5.41) is 2.67. The van der Waals surface area contributed by atoms with Crippen molar-refractivity contribution in [2.45, 2.75) is 38.8 Å². The lowest BCUT2D eigenvalue weighted by molar-refractivity contribution is -0.135. The summed E-state index contributed by atoms with van der Waals surface area (Å²) in [7, 11) is 1.29. The number of amides is 2. The van der Waals surface area contributed by atoms with Crippen LogP contribution in [0.25, 0.3) is 22.4 Å². The molecule has 0 radical (unpaired) electrons. The van der Waals surface area contributed by atoms with Crippen molar-refractivity contribution in [1.29, 1.82) is 0 Å². The molecule has 2 atom stereocenters. The molecule has 1 aliphatic heterocycles. The van der Waals surface area contributed by atoms with Crippen molar-refractivity contribution in [1.82, 2.24) is 20.2 Å². The molecule has 9 heteroatoms. The van der Waals surface area contributed by atoms with Crippen LogP contribution in [0.5, 0.6) is 0 Å². The second-order valence-corrected chi connectivity index (χ2v) is 9.51. The summed E-state index contributed by atoms with van der Waals surface area (Å²) in [5.74, 6) is 0.421. The fraction of sp³-hybridized carbons (Fsp3) is 0.357. The number of carbonyl (C=O) groups is 3. The van der Waals surface area contributed by atoms with Crippen LogP contribution in [0.4, 0.5) is 4.79 Å². The highest BCUT2D eigenvalue weighted by Crippen LogP contribution is 2.33. The van der Waals surface area contributed by atoms with Gasteiger partial charge in [0.1, 0.15) is 11.9 Å². The van der Waals surface area contributed by atoms with Gasteiger partial charge in [0.2, 0.25) is 5.91 Å². The Morgan fingerprint density at radius 2 is 1.70 bits per heavy atom. The van der Waals surface area contributed by atoms with E-state index in [1.807, 2.05) is 50.2 Å². The number of hydrogen-bond donors (Lipinski definition) is 3. The third-order valence-electron chi connectivity index (χ3n) is 6.76. The monoisotopic (exact) mass is 503 g/mol. The first-order valence-corrected chi connectivity index (χ1v) is 12.5. The van der Waals surface area contributed by atoms with Crippen LogP contribution in [0, 0.1) is 5.92 Å². The highest BCUT2D eigenvalue weighted by Gasteiger charge is 2.37. The van der Waals surface area contributed by atoms with Crippen LogP contribution < -0.4 is 11.1 Å². The Bertz CT molecular complexity index is 1250. The van der Waals surface area contributed by atoms with Gasteiger partial charge in [-0.3, -0.25) is 9.59 Å². The van der Waals surface area contributed by atoms with Crippen LogP contribution in [-0.2, 0) is 9.53 Å². The third kappa shape index (κ3) is 5.72. The molecule has 1 aromatic heterocycles. The van der Waals surface area contributed by atoms with Gasteiger partial charge in [0.15, 0.2) is 5.78 Å². The average Bonchev–Trinajstić information content (AvgIpc) is 3.61. The van der Waals surface area contributed by atoms with E-state index in [0.717, 1.165) is 41.1 Å². The summed E-state index contributed by atoms with van der Waals surface area (Å²) in [6.45, 7) is 4.39. The third-order valence-corrected chi connectivity index (χ3v) is 6.76. The van der Waals surface area contributed by atoms with Gasteiger partial charge in [0.05, 0.1) is 31.6 Å². The van der Waals surface area contributed by atoms with E-state index in [1.165, 1.54) is 7.11 Å². The standard InChI is InChI=1S/C28H33N5O4/c1-17(2)25(32-28(36)37-3)27(35)33-14-4-5-23(33)26-30-16-22(31-26)20-10-6-18(7-11-20)19-8-12-21(13-9-19)24(34)15-29/h6-13,16-17,23,25H,4-5,14-15,29H2,1-3H3,(H,30,31)(H,32,36). The maximum atomic E-state index is 13.3. The lowest BCUT2D eigenvalue weighted by Gasteiger charge is -2.30. The molecule has 37 heavy (non-hydrogen) atoms. The number of benzene rings is 2. The highest BCUT2D eigenvalue weighted by molar-refractivity contribution is 5.97. The van der Waals surface area contributed by atoms with E-state index in [-0.39, 0.29) is 30.2 Å². The SMILES string of the molecule is COC(=O)NC(C(=O)N1CCCC1c1ncc(-c2ccc(-c3ccc(C(=O)CN)cc3)cc2)[nH]1)C(C)C. The maximum Gasteiger partial charge on any atom is 0.407 e. The Labute approximate surface area is 216 Å². The molecule has 194 valence electrons. The molecule has 1 fully saturated rings. The van der Waals surface area contributed by atoms with E-state index in [1.54, 1.807) is 23.2 Å². The second kappa shape index (κ2) is 11.4. The molecule has 1 aliphatic rings. The number of methoxy groups -OCH3 is 1. The van der Waals surface area contributed by atoms with Crippen LogP contribution in [0.1, 0.15) is 48.9 Å². The number of ether oxygens (including phenoxy) is 1. The molecule has 0 spiro atoms. The van der Waals surface area contributed by atoms with Crippen molar-refractivity contribution >= 4 is 17.8 Å². The van der Waals surface area contributed by atoms with Crippen molar-refractivity contribution in [2.24, 2.45) is 11.7 Å². The fourth-order valence-corrected chi connectivity index (χ4v) is 4.65. The summed E-state index contributed by atoms with van der Waals surface area (Å²) >= 11 is 0. The molecule has 9 nitrogen and oxygen atoms in total. The molecule has 2 amide bonds. The fourth-order valence-electron chi connectivity index (χ4n) is 4.65. The lowest BCUT2D eigenvalue weighted by Crippen LogP contribution is -2.51. The van der Waals surface area contributed by atoms with Crippen LogP contribution in [-0.4, -0.2) is 58.9 Å². The molecule has 0 saturated carbocycles. The maximum absolute atomic E-state index is 13.3. The van der Waals surface area contributed by atoms with Gasteiger partial charge in [0.25, 0.3) is 0 Å². The Morgan fingerprint density at radius 1 is 1.08 bits per heavy atom. The number of rotatable bonds is 8. The zero-order valence-electron chi connectivity index (χ0n) is 21.4. The number of Topliss-reactive ketones (excluding diaryl/α,β-unsaturated/α-hetero) is 1. The zero-order valence-corrected chi connectivity index (χ0v) is 21.4. The number of carbonyl (C=O) groups excluding carboxylic acids is 3. The van der Waals surface area contributed by atoms with Crippen LogP contribution in [0.2, 0.25) is 0 Å². The second-order valence-electron chi connectivity index (χ2n) is 9.51. The molecule has 0 bridgehead atoms. The normalized spacial score (nSPS) is 16.0. The first-order valence-electron chi connectivity index (χ1n) is 12.5. The Kier molecular flexibility index (Phi) is 8.03. The van der Waals surface area contributed by atoms with E-state index in [4.69, 9.17) is 10.5 Å². The zero-order chi connectivity index (χ0) is 26.5. The van der Waals surface area contributed by atoms with Gasteiger partial charge in [-0.2, -0.15) is 0 Å². The lowest BCUT2D eigenvalue weighted by atomic mass is 10.0. The van der Waals surface area contributed by atoms with E-state index in [2.05, 4.69) is 15.3 Å². The first-order chi connectivity index (χ1) is 17.8. The average molecular weight is 504 g/mol. The number of likely N-dealkylation sites (tertiary alicyclic amines) is 1. The molecule has 0 aliphatic carbocycles. The van der Waals surface area contributed by atoms with Gasteiger partial charge in [-0.1, -0.05) is 62.4 Å². The molecule has 4 N–H and O–H groups in total. The largest absolute Gasteiger partial charge is 0.453 e. The highest BCUT2D eigenvalue weighted by atomic mass is 16.5. The van der Waals surface area contributed by atoms with Gasteiger partial charge in [0, 0.05) is 12.1 Å². The quantitative estimate of drug-likeness (QED) is 0.399. The number of nitrogens with one attached hydrogen (secondary N) is 2. The van der Waals surface area contributed by atoms with Crippen molar-refractivity contribution in [2.75, 3.05) is 20.2 Å². The van der Waals surface area contributed by atoms with Crippen LogP contribution in [0.15, 0.2) is 54.7 Å². The van der Waals surface area contributed by atoms with Gasteiger partial charge >= 0.3 is 6.09 Å². The molecule has 3 aromatic rings. The number of nitrogens with zero attached hydrogens (tertiary/aromatic N) is 2. The number of imidazole rings is 1. The van der Waals surface area contributed by atoms with Crippen LogP contribution in [0.3, 0.4) is 0 Å². The molecule has 2 aromatic carbocycles. The van der Waals surface area contributed by atoms with Gasteiger partial charge in [-0.25, -0.2) is 9.78 Å². The van der Waals surface area contributed by atoms with E-state index >= 15 is 0 Å². The minimum atomic E-state index is -0.669. The van der Waals surface area contributed by atoms with Gasteiger partial charge in [-0.15, -0.1) is 0 Å². The van der Waals surface area contributed by atoms with Crippen molar-refractivity contribution < 1.29 is 19.1 Å². The minimum absolute atomic E-state index is 0.00429. The number of alkyl carbamates (subject to hydrolysis) is 1. The topological polar surface area (TPSA) is 130 Å². The molecule has 2 heterocycles. The van der Waals surface area contributed by atoms with E-state index in [9.17, 15) is 14.4 Å². The number of nitrogens with two attached hydrogens (primary N) is 1. The smallest absolute Gasteiger partial charge is 0.407 e. The number of ketones is 1. The molecule has 2 unspecified atom stereocenters. The Balaban J connectivity index is 1.49. The predicted octanol–water partition coefficient (Wildman–Crippen LogP) is 3.93. The number of hydrogen-bond acceptors (Lipinski definition) is 6. The summed E-state index contributed by atoms with van der Waals surface area (Å²) in [5.41, 5.74) is 9.91. The summed E-state index contributed by atoms with van der Waals surface area (Å²) < 4.78 is 4.71. The number of aromatic amines is 1. The number of H-pyrrole nitrogens is 1. The van der Waals surface area contributed by atoms with Crippen molar-refractivity contribution in [3.05, 3.63) is 66.1 Å². The Morgan fingerprint density at radius 3 is 2.30 bits per heavy atom. The molecular formula is C28H33N5O4. The molecule has 4 rings (SSSR count).